The van der Waals surface area contributed by atoms with Crippen molar-refractivity contribution in [3.8, 4) is 11.3 Å². The molecule has 9 heteroatoms. The van der Waals surface area contributed by atoms with Crippen LogP contribution in [0.2, 0.25) is 5.02 Å². The molecule has 2 aromatic heterocycles. The molecular weight excluding hydrogens is 450 g/mol. The highest BCUT2D eigenvalue weighted by atomic mass is 35.5. The van der Waals surface area contributed by atoms with Gasteiger partial charge in [-0.15, -0.1) is 0 Å². The van der Waals surface area contributed by atoms with E-state index in [4.69, 9.17) is 16.0 Å². The summed E-state index contributed by atoms with van der Waals surface area (Å²) in [6.07, 6.45) is 2.97. The lowest BCUT2D eigenvalue weighted by Gasteiger charge is -2.13. The number of carbonyl (C=O) groups excluding carboxylic acids is 1. The van der Waals surface area contributed by atoms with Gasteiger partial charge in [0.25, 0.3) is 10.0 Å². The molecular formula is C23H18ClN3O4S. The molecule has 7 nitrogen and oxygen atoms in total. The highest BCUT2D eigenvalue weighted by Crippen LogP contribution is 2.28. The average Bonchev–Trinajstić information content (AvgIpc) is 3.13. The van der Waals surface area contributed by atoms with Crippen molar-refractivity contribution in [1.82, 2.24) is 9.97 Å². The summed E-state index contributed by atoms with van der Waals surface area (Å²) < 4.78 is 34.1. The largest absolute Gasteiger partial charge is 0.441 e. The zero-order valence-corrected chi connectivity index (χ0v) is 18.7. The third kappa shape index (κ3) is 4.42. The lowest BCUT2D eigenvalue weighted by atomic mass is 10.0. The van der Waals surface area contributed by atoms with E-state index in [0.29, 0.717) is 27.8 Å². The molecule has 0 fully saturated rings. The van der Waals surface area contributed by atoms with Crippen LogP contribution in [0.3, 0.4) is 0 Å². The van der Waals surface area contributed by atoms with Gasteiger partial charge in [0.05, 0.1) is 16.3 Å². The number of rotatable bonds is 6. The standard InChI is InChI=1S/C23H18ClN3O4S/c1-14-23(31-15(2)26-14)17-3-6-19(7-4-17)32(29,30)27-21-8-5-18(24)13-20(21)22(28)16-9-11-25-12-10-16/h3-13,27H,1-2H3. The van der Waals surface area contributed by atoms with Crippen molar-refractivity contribution >= 4 is 33.1 Å². The number of aromatic nitrogens is 2. The van der Waals surface area contributed by atoms with Gasteiger partial charge in [0, 0.05) is 41.0 Å². The fourth-order valence-electron chi connectivity index (χ4n) is 3.24. The number of ketones is 1. The number of anilines is 1. The summed E-state index contributed by atoms with van der Waals surface area (Å²) in [4.78, 5) is 21.1. The Labute approximate surface area is 190 Å². The van der Waals surface area contributed by atoms with Crippen molar-refractivity contribution in [2.24, 2.45) is 0 Å². The van der Waals surface area contributed by atoms with E-state index in [1.165, 1.54) is 42.7 Å². The molecule has 0 aliphatic carbocycles. The van der Waals surface area contributed by atoms with Crippen LogP contribution in [0.1, 0.15) is 27.5 Å². The molecule has 4 rings (SSSR count). The van der Waals surface area contributed by atoms with E-state index < -0.39 is 10.0 Å². The molecule has 1 N–H and O–H groups in total. The molecule has 2 aromatic carbocycles. The number of sulfonamides is 1. The highest BCUT2D eigenvalue weighted by Gasteiger charge is 2.21. The maximum absolute atomic E-state index is 13.0. The number of nitrogens with zero attached hydrogens (tertiary/aromatic N) is 2. The van der Waals surface area contributed by atoms with E-state index >= 15 is 0 Å². The number of hydrogen-bond donors (Lipinski definition) is 1. The second-order valence-corrected chi connectivity index (χ2v) is 9.15. The number of carbonyl (C=O) groups is 1. The van der Waals surface area contributed by atoms with Gasteiger partial charge in [-0.05, 0) is 61.5 Å². The van der Waals surface area contributed by atoms with Crippen molar-refractivity contribution in [3.63, 3.8) is 0 Å². The Morgan fingerprint density at radius 3 is 2.31 bits per heavy atom. The number of nitrogens with one attached hydrogen (secondary N) is 1. The molecule has 0 bridgehead atoms. The number of oxazole rings is 1. The van der Waals surface area contributed by atoms with Crippen LogP contribution in [0.25, 0.3) is 11.3 Å². The Bertz CT molecular complexity index is 1400. The first-order chi connectivity index (χ1) is 15.2. The van der Waals surface area contributed by atoms with Gasteiger partial charge in [-0.3, -0.25) is 14.5 Å². The zero-order chi connectivity index (χ0) is 22.9. The normalized spacial score (nSPS) is 11.3. The Hall–Kier alpha value is -3.49. The van der Waals surface area contributed by atoms with Crippen LogP contribution in [0.5, 0.6) is 0 Å². The number of pyridine rings is 1. The Morgan fingerprint density at radius 1 is 1.00 bits per heavy atom. The molecule has 0 saturated carbocycles. The smallest absolute Gasteiger partial charge is 0.261 e. The minimum atomic E-state index is -3.97. The minimum absolute atomic E-state index is 0.0346. The number of hydrogen-bond acceptors (Lipinski definition) is 6. The van der Waals surface area contributed by atoms with Crippen LogP contribution in [-0.2, 0) is 10.0 Å². The predicted molar refractivity (Wildman–Crippen MR) is 121 cm³/mol. The predicted octanol–water partition coefficient (Wildman–Crippen LogP) is 5.04. The molecule has 4 aromatic rings. The van der Waals surface area contributed by atoms with Crippen LogP contribution < -0.4 is 4.72 Å². The molecule has 0 amide bonds. The van der Waals surface area contributed by atoms with Gasteiger partial charge in [-0.25, -0.2) is 13.4 Å². The maximum atomic E-state index is 13.0. The fourth-order valence-corrected chi connectivity index (χ4v) is 4.49. The first-order valence-corrected chi connectivity index (χ1v) is 11.4. The lowest BCUT2D eigenvalue weighted by molar-refractivity contribution is 0.103. The van der Waals surface area contributed by atoms with Crippen molar-refractivity contribution in [2.75, 3.05) is 4.72 Å². The minimum Gasteiger partial charge on any atom is -0.441 e. The van der Waals surface area contributed by atoms with E-state index in [2.05, 4.69) is 14.7 Å². The molecule has 0 radical (unpaired) electrons. The molecule has 0 unspecified atom stereocenters. The summed E-state index contributed by atoms with van der Waals surface area (Å²) in [5.41, 5.74) is 2.06. The van der Waals surface area contributed by atoms with Gasteiger partial charge in [0.2, 0.25) is 0 Å². The number of aryl methyl sites for hydroxylation is 2. The van der Waals surface area contributed by atoms with Gasteiger partial charge in [-0.1, -0.05) is 11.6 Å². The van der Waals surface area contributed by atoms with E-state index in [9.17, 15) is 13.2 Å². The zero-order valence-electron chi connectivity index (χ0n) is 17.2. The number of halogens is 1. The number of benzene rings is 2. The molecule has 162 valence electrons. The van der Waals surface area contributed by atoms with Crippen molar-refractivity contribution < 1.29 is 17.6 Å². The van der Waals surface area contributed by atoms with E-state index in [-0.39, 0.29) is 21.9 Å². The Balaban J connectivity index is 1.65. The van der Waals surface area contributed by atoms with Crippen LogP contribution in [0, 0.1) is 13.8 Å². The third-order valence-corrected chi connectivity index (χ3v) is 6.36. The lowest BCUT2D eigenvalue weighted by Crippen LogP contribution is -2.16. The molecule has 0 aliphatic rings. The summed E-state index contributed by atoms with van der Waals surface area (Å²) in [5, 5.41) is 0.312. The second kappa shape index (κ2) is 8.57. The summed E-state index contributed by atoms with van der Waals surface area (Å²) in [6.45, 7) is 3.57. The summed E-state index contributed by atoms with van der Waals surface area (Å²) in [5.74, 6) is 0.742. The van der Waals surface area contributed by atoms with Crippen molar-refractivity contribution in [3.05, 3.63) is 94.7 Å². The maximum Gasteiger partial charge on any atom is 0.261 e. The Morgan fingerprint density at radius 2 is 1.69 bits per heavy atom. The van der Waals surface area contributed by atoms with Gasteiger partial charge in [0.15, 0.2) is 17.4 Å². The molecule has 2 heterocycles. The first kappa shape index (κ1) is 21.7. The quantitative estimate of drug-likeness (QED) is 0.398. The van der Waals surface area contributed by atoms with E-state index in [1.807, 2.05) is 6.92 Å². The molecule has 0 saturated heterocycles. The molecule has 0 spiro atoms. The van der Waals surface area contributed by atoms with Crippen LogP contribution in [-0.4, -0.2) is 24.2 Å². The van der Waals surface area contributed by atoms with E-state index in [1.54, 1.807) is 31.2 Å². The third-order valence-electron chi connectivity index (χ3n) is 4.74. The van der Waals surface area contributed by atoms with Gasteiger partial charge in [0.1, 0.15) is 0 Å². The van der Waals surface area contributed by atoms with Crippen LogP contribution in [0.4, 0.5) is 5.69 Å². The Kier molecular flexibility index (Phi) is 5.82. The van der Waals surface area contributed by atoms with Gasteiger partial charge in [-0.2, -0.15) is 0 Å². The van der Waals surface area contributed by atoms with Crippen LogP contribution >= 0.6 is 11.6 Å². The fraction of sp³-hybridized carbons (Fsp3) is 0.0870. The second-order valence-electron chi connectivity index (χ2n) is 7.03. The summed E-state index contributed by atoms with van der Waals surface area (Å²) >= 11 is 6.07. The summed E-state index contributed by atoms with van der Waals surface area (Å²) in [7, 11) is -3.97. The van der Waals surface area contributed by atoms with Gasteiger partial charge < -0.3 is 4.42 Å². The van der Waals surface area contributed by atoms with E-state index in [0.717, 1.165) is 5.69 Å². The van der Waals surface area contributed by atoms with Gasteiger partial charge >= 0.3 is 0 Å². The summed E-state index contributed by atoms with van der Waals surface area (Å²) in [6, 6.07) is 13.7. The molecule has 0 aliphatic heterocycles. The first-order valence-electron chi connectivity index (χ1n) is 9.56. The molecule has 32 heavy (non-hydrogen) atoms. The topological polar surface area (TPSA) is 102 Å². The highest BCUT2D eigenvalue weighted by molar-refractivity contribution is 7.92. The molecule has 0 atom stereocenters. The monoisotopic (exact) mass is 467 g/mol. The van der Waals surface area contributed by atoms with Crippen molar-refractivity contribution in [1.29, 1.82) is 0 Å². The van der Waals surface area contributed by atoms with Crippen LogP contribution in [0.15, 0.2) is 76.3 Å². The SMILES string of the molecule is Cc1nc(C)c(-c2ccc(S(=O)(=O)Nc3ccc(Cl)cc3C(=O)c3ccncc3)cc2)o1. The van der Waals surface area contributed by atoms with Crippen molar-refractivity contribution in [2.45, 2.75) is 18.7 Å². The average molecular weight is 468 g/mol.